The maximum atomic E-state index is 12.3. The number of hydrazone groups is 1. The van der Waals surface area contributed by atoms with Crippen molar-refractivity contribution < 1.29 is 19.3 Å². The molecule has 0 radical (unpaired) electrons. The van der Waals surface area contributed by atoms with Crippen LogP contribution in [0.15, 0.2) is 34.0 Å². The van der Waals surface area contributed by atoms with Crippen LogP contribution in [0.25, 0.3) is 5.82 Å². The van der Waals surface area contributed by atoms with Gasteiger partial charge in [-0.25, -0.2) is 10.1 Å². The van der Waals surface area contributed by atoms with Gasteiger partial charge in [-0.1, -0.05) is 36.4 Å². The zero-order valence-corrected chi connectivity index (χ0v) is 14.0. The van der Waals surface area contributed by atoms with Gasteiger partial charge >= 0.3 is 0 Å². The van der Waals surface area contributed by atoms with Gasteiger partial charge in [0.25, 0.3) is 5.91 Å². The molecular formula is C15H13N8O4-. The normalized spacial score (nSPS) is 11.0. The van der Waals surface area contributed by atoms with Gasteiger partial charge in [-0.05, 0) is 16.7 Å². The lowest BCUT2D eigenvalue weighted by Crippen LogP contribution is -2.24. The maximum Gasteiger partial charge on any atom is 0.293 e. The Morgan fingerprint density at radius 1 is 1.37 bits per heavy atom. The molecule has 1 aromatic carbocycles. The van der Waals surface area contributed by atoms with Crippen LogP contribution in [0.4, 0.5) is 5.82 Å². The quantitative estimate of drug-likeness (QED) is 0.404. The largest absolute Gasteiger partial charge is 0.545 e. The topological polar surface area (TPSA) is 177 Å². The Balaban J connectivity index is 1.81. The number of nitrogens with zero attached hydrogens (tertiary/aromatic N) is 6. The van der Waals surface area contributed by atoms with Crippen molar-refractivity contribution in [1.29, 1.82) is 0 Å². The first-order chi connectivity index (χ1) is 13.0. The van der Waals surface area contributed by atoms with Crippen molar-refractivity contribution >= 4 is 23.9 Å². The van der Waals surface area contributed by atoms with Gasteiger partial charge in [-0.15, -0.1) is 5.10 Å². The summed E-state index contributed by atoms with van der Waals surface area (Å²) in [6.07, 6.45) is 1.58. The number of nitrogen functional groups attached to an aromatic ring is 1. The minimum absolute atomic E-state index is 0.00142. The third-order valence-corrected chi connectivity index (χ3v) is 3.56. The number of amides is 1. The molecule has 0 saturated carbocycles. The van der Waals surface area contributed by atoms with Crippen LogP contribution < -0.4 is 16.3 Å². The highest BCUT2D eigenvalue weighted by Gasteiger charge is 2.22. The summed E-state index contributed by atoms with van der Waals surface area (Å²) in [5.41, 5.74) is 8.55. The summed E-state index contributed by atoms with van der Waals surface area (Å²) >= 11 is 0. The Labute approximate surface area is 151 Å². The highest BCUT2D eigenvalue weighted by molar-refractivity contribution is 5.98. The van der Waals surface area contributed by atoms with E-state index in [0.29, 0.717) is 12.1 Å². The van der Waals surface area contributed by atoms with E-state index in [1.165, 1.54) is 23.0 Å². The number of carbonyl (C=O) groups excluding carboxylic acids is 2. The molecule has 3 rings (SSSR count). The van der Waals surface area contributed by atoms with Gasteiger partial charge in [-0.2, -0.15) is 9.78 Å². The van der Waals surface area contributed by atoms with Crippen LogP contribution in [0, 0.1) is 0 Å². The molecule has 2 heterocycles. The number of hydrogen-bond acceptors (Lipinski definition) is 10. The highest BCUT2D eigenvalue weighted by Crippen LogP contribution is 2.16. The summed E-state index contributed by atoms with van der Waals surface area (Å²) in [4.78, 5) is 23.4. The van der Waals surface area contributed by atoms with Crippen LogP contribution in [0.2, 0.25) is 0 Å². The van der Waals surface area contributed by atoms with Crippen LogP contribution in [0.1, 0.15) is 39.0 Å². The average Bonchev–Trinajstić information content (AvgIpc) is 3.27. The zero-order chi connectivity index (χ0) is 19.4. The molecule has 27 heavy (non-hydrogen) atoms. The van der Waals surface area contributed by atoms with Crippen LogP contribution in [0.5, 0.6) is 0 Å². The summed E-state index contributed by atoms with van der Waals surface area (Å²) in [6.45, 7) is 1.79. The Hall–Kier alpha value is -4.09. The molecule has 0 aliphatic rings. The van der Waals surface area contributed by atoms with Crippen LogP contribution in [-0.4, -0.2) is 43.4 Å². The summed E-state index contributed by atoms with van der Waals surface area (Å²) < 4.78 is 5.77. The average molecular weight is 369 g/mol. The molecule has 3 aromatic rings. The minimum Gasteiger partial charge on any atom is -0.545 e. The van der Waals surface area contributed by atoms with Gasteiger partial charge in [0.1, 0.15) is 0 Å². The third-order valence-electron chi connectivity index (χ3n) is 3.56. The van der Waals surface area contributed by atoms with E-state index in [1.807, 2.05) is 0 Å². The van der Waals surface area contributed by atoms with E-state index in [1.54, 1.807) is 19.1 Å². The van der Waals surface area contributed by atoms with Crippen LogP contribution in [0.3, 0.4) is 0 Å². The minimum atomic E-state index is -1.35. The molecule has 0 saturated heterocycles. The fraction of sp³-hybridized carbons (Fsp3) is 0.133. The van der Waals surface area contributed by atoms with Gasteiger partial charge in [0.15, 0.2) is 5.69 Å². The number of nitrogens with two attached hydrogens (primary N) is 1. The second kappa shape index (κ2) is 7.43. The second-order valence-corrected chi connectivity index (χ2v) is 5.20. The molecule has 12 nitrogen and oxygen atoms in total. The predicted octanol–water partition coefficient (Wildman–Crippen LogP) is -1.08. The fourth-order valence-electron chi connectivity index (χ4n) is 2.31. The third kappa shape index (κ3) is 3.49. The SMILES string of the molecule is CCc1c(C(=O)NN=Cc2ccccc2C(=O)[O-])nnn1-c1nonc1N. The van der Waals surface area contributed by atoms with E-state index in [2.05, 4.69) is 35.8 Å². The Bertz CT molecular complexity index is 1020. The van der Waals surface area contributed by atoms with Crippen LogP contribution >= 0.6 is 0 Å². The molecule has 0 spiro atoms. The monoisotopic (exact) mass is 369 g/mol. The molecule has 12 heteroatoms. The van der Waals surface area contributed by atoms with Gasteiger partial charge in [0.2, 0.25) is 11.6 Å². The van der Waals surface area contributed by atoms with E-state index in [0.717, 1.165) is 0 Å². The van der Waals surface area contributed by atoms with E-state index >= 15 is 0 Å². The van der Waals surface area contributed by atoms with Gasteiger partial charge in [-0.3, -0.25) is 4.79 Å². The Morgan fingerprint density at radius 3 is 2.81 bits per heavy atom. The lowest BCUT2D eigenvalue weighted by Gasteiger charge is -2.05. The first-order valence-corrected chi connectivity index (χ1v) is 7.69. The van der Waals surface area contributed by atoms with Crippen molar-refractivity contribution in [2.75, 3.05) is 5.73 Å². The molecular weight excluding hydrogens is 356 g/mol. The number of anilines is 1. The van der Waals surface area contributed by atoms with E-state index < -0.39 is 11.9 Å². The molecule has 0 bridgehead atoms. The van der Waals surface area contributed by atoms with Crippen molar-refractivity contribution in [2.45, 2.75) is 13.3 Å². The number of aromatic nitrogens is 5. The summed E-state index contributed by atoms with van der Waals surface area (Å²) in [7, 11) is 0. The van der Waals surface area contributed by atoms with Crippen molar-refractivity contribution in [1.82, 2.24) is 30.7 Å². The van der Waals surface area contributed by atoms with E-state index in [9.17, 15) is 14.7 Å². The molecule has 3 N–H and O–H groups in total. The van der Waals surface area contributed by atoms with E-state index in [4.69, 9.17) is 5.73 Å². The number of carboxylic acid groups (broad SMARTS) is 1. The summed E-state index contributed by atoms with van der Waals surface area (Å²) in [6, 6.07) is 6.08. The number of benzene rings is 1. The molecule has 0 unspecified atom stereocenters. The summed E-state index contributed by atoms with van der Waals surface area (Å²) in [5.74, 6) is -1.88. The molecule has 2 aromatic heterocycles. The number of carboxylic acids is 1. The number of hydrogen-bond donors (Lipinski definition) is 2. The predicted molar refractivity (Wildman–Crippen MR) is 88.8 cm³/mol. The molecule has 1 amide bonds. The molecule has 0 fully saturated rings. The first kappa shape index (κ1) is 17.7. The van der Waals surface area contributed by atoms with Gasteiger partial charge in [0.05, 0.1) is 17.9 Å². The lowest BCUT2D eigenvalue weighted by atomic mass is 10.1. The second-order valence-electron chi connectivity index (χ2n) is 5.20. The molecule has 0 aliphatic heterocycles. The lowest BCUT2D eigenvalue weighted by molar-refractivity contribution is -0.255. The van der Waals surface area contributed by atoms with Gasteiger partial charge < -0.3 is 15.6 Å². The fourth-order valence-corrected chi connectivity index (χ4v) is 2.31. The van der Waals surface area contributed by atoms with E-state index in [-0.39, 0.29) is 28.5 Å². The van der Waals surface area contributed by atoms with Crippen molar-refractivity contribution in [3.63, 3.8) is 0 Å². The molecule has 0 atom stereocenters. The first-order valence-electron chi connectivity index (χ1n) is 7.69. The van der Waals surface area contributed by atoms with Crippen molar-refractivity contribution in [2.24, 2.45) is 5.10 Å². The highest BCUT2D eigenvalue weighted by atomic mass is 16.6. The number of nitrogens with one attached hydrogen (secondary N) is 1. The van der Waals surface area contributed by atoms with Crippen molar-refractivity contribution in [3.8, 4) is 5.82 Å². The summed E-state index contributed by atoms with van der Waals surface area (Å²) in [5, 5.41) is 29.5. The number of aromatic carboxylic acids is 1. The Kier molecular flexibility index (Phi) is 4.88. The smallest absolute Gasteiger partial charge is 0.293 e. The van der Waals surface area contributed by atoms with Gasteiger partial charge in [0, 0.05) is 11.1 Å². The number of carbonyl (C=O) groups is 2. The zero-order valence-electron chi connectivity index (χ0n) is 14.0. The number of rotatable bonds is 6. The Morgan fingerprint density at radius 2 is 2.15 bits per heavy atom. The molecule has 138 valence electrons. The maximum absolute atomic E-state index is 12.3. The molecule has 0 aliphatic carbocycles. The van der Waals surface area contributed by atoms with Crippen LogP contribution in [-0.2, 0) is 6.42 Å². The standard InChI is InChI=1S/C15H14N8O4/c1-2-10-11(18-22-23(10)13-12(16)20-27-21-13)14(24)19-17-7-8-5-3-4-6-9(8)15(25)26/h3-7H,2H2,1H3,(H2,16,20)(H,19,24)(H,25,26)/p-1. The van der Waals surface area contributed by atoms with Crippen molar-refractivity contribution in [3.05, 3.63) is 46.8 Å².